The molecule has 2 aromatic rings. The number of hydrogen-bond donors (Lipinski definition) is 1. The van der Waals surface area contributed by atoms with Crippen LogP contribution < -0.4 is 5.32 Å². The topological polar surface area (TPSA) is 93.8 Å². The molecule has 1 N–H and O–H groups in total. The van der Waals surface area contributed by atoms with Crippen LogP contribution in [0.1, 0.15) is 6.42 Å². The van der Waals surface area contributed by atoms with E-state index in [-0.39, 0.29) is 44.4 Å². The lowest BCUT2D eigenvalue weighted by atomic mass is 10.2. The summed E-state index contributed by atoms with van der Waals surface area (Å²) in [6, 6.07) is 6.61. The Morgan fingerprint density at radius 3 is 2.33 bits per heavy atom. The molecule has 1 amide bonds. The molecule has 0 saturated carbocycles. The maximum atomic E-state index is 12.3. The number of methoxy groups -OCH3 is 1. The van der Waals surface area contributed by atoms with Crippen LogP contribution in [0.25, 0.3) is 0 Å². The lowest BCUT2D eigenvalue weighted by molar-refractivity contribution is -0.384. The van der Waals surface area contributed by atoms with E-state index in [1.165, 1.54) is 37.4 Å². The maximum absolute atomic E-state index is 12.3. The van der Waals surface area contributed by atoms with Gasteiger partial charge in [-0.3, -0.25) is 14.9 Å². The molecule has 0 spiro atoms. The average Bonchev–Trinajstić information content (AvgIpc) is 2.59. The average molecular weight is 451 g/mol. The van der Waals surface area contributed by atoms with Crippen molar-refractivity contribution in [3.05, 3.63) is 60.5 Å². The van der Waals surface area contributed by atoms with Crippen LogP contribution in [0.15, 0.2) is 35.3 Å². The van der Waals surface area contributed by atoms with Crippen molar-refractivity contribution in [1.29, 1.82) is 0 Å². The van der Waals surface area contributed by atoms with Gasteiger partial charge in [-0.25, -0.2) is 4.99 Å². The molecule has 0 fully saturated rings. The van der Waals surface area contributed by atoms with Gasteiger partial charge in [-0.15, -0.1) is 0 Å². The van der Waals surface area contributed by atoms with Gasteiger partial charge in [0.1, 0.15) is 6.42 Å². The number of nitrogens with zero attached hydrogens (tertiary/aromatic N) is 2. The summed E-state index contributed by atoms with van der Waals surface area (Å²) in [4.78, 5) is 26.6. The second-order valence-corrected chi connectivity index (χ2v) is 6.73. The molecular formula is C16H11Cl4N3O4. The summed E-state index contributed by atoms with van der Waals surface area (Å²) >= 11 is 23.9. The summed E-state index contributed by atoms with van der Waals surface area (Å²) in [6.45, 7) is 0. The Hall–Kier alpha value is -2.06. The fraction of sp³-hybridized carbons (Fsp3) is 0.125. The van der Waals surface area contributed by atoms with Gasteiger partial charge in [0.2, 0.25) is 5.91 Å². The number of rotatable bonds is 5. The smallest absolute Gasteiger partial charge is 0.271 e. The summed E-state index contributed by atoms with van der Waals surface area (Å²) in [7, 11) is 1.31. The number of hydrogen-bond acceptors (Lipinski definition) is 5. The van der Waals surface area contributed by atoms with Crippen molar-refractivity contribution >= 4 is 75.3 Å². The van der Waals surface area contributed by atoms with Crippen LogP contribution in [0.5, 0.6) is 0 Å². The Balaban J connectivity index is 2.22. The van der Waals surface area contributed by atoms with Crippen LogP contribution >= 0.6 is 46.4 Å². The lowest BCUT2D eigenvalue weighted by Crippen LogP contribution is -2.18. The maximum Gasteiger partial charge on any atom is 0.271 e. The van der Waals surface area contributed by atoms with Crippen LogP contribution in [0.3, 0.4) is 0 Å². The number of non-ortho nitro benzene ring substituents is 1. The molecule has 0 aromatic heterocycles. The van der Waals surface area contributed by atoms with E-state index in [1.54, 1.807) is 0 Å². The molecule has 11 heteroatoms. The highest BCUT2D eigenvalue weighted by Gasteiger charge is 2.15. The van der Waals surface area contributed by atoms with E-state index >= 15 is 0 Å². The van der Waals surface area contributed by atoms with E-state index in [0.717, 1.165) is 0 Å². The highest BCUT2D eigenvalue weighted by molar-refractivity contribution is 6.42. The van der Waals surface area contributed by atoms with E-state index < -0.39 is 10.8 Å². The Bertz CT molecular complexity index is 911. The zero-order valence-corrected chi connectivity index (χ0v) is 16.7. The van der Waals surface area contributed by atoms with Gasteiger partial charge >= 0.3 is 0 Å². The van der Waals surface area contributed by atoms with E-state index in [2.05, 4.69) is 10.3 Å². The number of carbonyl (C=O) groups is 1. The third-order valence-electron chi connectivity index (χ3n) is 3.20. The highest BCUT2D eigenvalue weighted by Crippen LogP contribution is 2.34. The summed E-state index contributed by atoms with van der Waals surface area (Å²) in [6.07, 6.45) is -0.287. The number of anilines is 1. The molecule has 2 aromatic carbocycles. The van der Waals surface area contributed by atoms with Crippen molar-refractivity contribution in [2.45, 2.75) is 6.42 Å². The van der Waals surface area contributed by atoms with Gasteiger partial charge in [-0.1, -0.05) is 46.4 Å². The van der Waals surface area contributed by atoms with E-state index in [0.29, 0.717) is 5.02 Å². The fourth-order valence-corrected chi connectivity index (χ4v) is 3.05. The second-order valence-electron chi connectivity index (χ2n) is 5.07. The zero-order chi connectivity index (χ0) is 20.1. The predicted octanol–water partition coefficient (Wildman–Crippen LogP) is 5.91. The molecule has 0 unspecified atom stereocenters. The van der Waals surface area contributed by atoms with Crippen LogP contribution in [0.2, 0.25) is 20.1 Å². The van der Waals surface area contributed by atoms with Crippen molar-refractivity contribution in [2.24, 2.45) is 4.99 Å². The molecule has 0 atom stereocenters. The van der Waals surface area contributed by atoms with Gasteiger partial charge in [0.25, 0.3) is 5.69 Å². The molecule has 0 heterocycles. The monoisotopic (exact) mass is 449 g/mol. The molecule has 7 nitrogen and oxygen atoms in total. The number of amides is 1. The molecule has 0 aliphatic carbocycles. The first-order valence-corrected chi connectivity index (χ1v) is 8.72. The lowest BCUT2D eigenvalue weighted by Gasteiger charge is -2.11. The Morgan fingerprint density at radius 2 is 1.78 bits per heavy atom. The largest absolute Gasteiger partial charge is 0.484 e. The SMILES string of the molecule is CO/C(CC(=O)Nc1c(Cl)cc(Cl)cc1Cl)=N\c1cc([N+](=O)[O-])ccc1Cl. The number of nitro benzene ring substituents is 1. The molecular weight excluding hydrogens is 440 g/mol. The highest BCUT2D eigenvalue weighted by atomic mass is 35.5. The quantitative estimate of drug-likeness (QED) is 0.265. The molecule has 0 saturated heterocycles. The molecule has 0 aliphatic rings. The first-order chi connectivity index (χ1) is 12.7. The van der Waals surface area contributed by atoms with Gasteiger partial charge in [0.05, 0.1) is 38.5 Å². The van der Waals surface area contributed by atoms with Crippen LogP contribution in [0, 0.1) is 10.1 Å². The van der Waals surface area contributed by atoms with Crippen molar-refractivity contribution in [2.75, 3.05) is 12.4 Å². The number of nitro groups is 1. The Labute approximate surface area is 174 Å². The predicted molar refractivity (Wildman–Crippen MR) is 107 cm³/mol. The van der Waals surface area contributed by atoms with E-state index in [1.807, 2.05) is 0 Å². The molecule has 27 heavy (non-hydrogen) atoms. The first-order valence-electron chi connectivity index (χ1n) is 7.21. The Morgan fingerprint density at radius 1 is 1.15 bits per heavy atom. The number of aliphatic imine (C=N–C) groups is 1. The first kappa shape index (κ1) is 21.2. The van der Waals surface area contributed by atoms with Gasteiger partial charge in [0.15, 0.2) is 5.90 Å². The van der Waals surface area contributed by atoms with Crippen LogP contribution in [-0.4, -0.2) is 23.8 Å². The van der Waals surface area contributed by atoms with Crippen LogP contribution in [0.4, 0.5) is 17.1 Å². The summed E-state index contributed by atoms with van der Waals surface area (Å²) < 4.78 is 5.07. The number of ether oxygens (including phenoxy) is 1. The third kappa shape index (κ3) is 5.71. The molecule has 142 valence electrons. The zero-order valence-electron chi connectivity index (χ0n) is 13.6. The minimum absolute atomic E-state index is 0.0175. The number of carbonyl (C=O) groups excluding carboxylic acids is 1. The minimum Gasteiger partial charge on any atom is -0.484 e. The molecule has 0 radical (unpaired) electrons. The second kappa shape index (κ2) is 9.23. The summed E-state index contributed by atoms with van der Waals surface area (Å²) in [5.41, 5.74) is 0.0902. The number of halogens is 4. The van der Waals surface area contributed by atoms with Gasteiger partial charge in [-0.05, 0) is 18.2 Å². The fourth-order valence-electron chi connectivity index (χ4n) is 1.97. The van der Waals surface area contributed by atoms with Gasteiger partial charge < -0.3 is 10.1 Å². The van der Waals surface area contributed by atoms with Crippen molar-refractivity contribution in [3.63, 3.8) is 0 Å². The summed E-state index contributed by atoms with van der Waals surface area (Å²) in [5, 5.41) is 14.2. The van der Waals surface area contributed by atoms with Gasteiger partial charge in [-0.2, -0.15) is 0 Å². The Kier molecular flexibility index (Phi) is 7.26. The van der Waals surface area contributed by atoms with Crippen molar-refractivity contribution in [3.8, 4) is 0 Å². The van der Waals surface area contributed by atoms with Gasteiger partial charge in [0, 0.05) is 17.2 Å². The van der Waals surface area contributed by atoms with Crippen molar-refractivity contribution < 1.29 is 14.5 Å². The number of nitrogens with one attached hydrogen (secondary N) is 1. The van der Waals surface area contributed by atoms with E-state index in [9.17, 15) is 14.9 Å². The van der Waals surface area contributed by atoms with E-state index in [4.69, 9.17) is 51.1 Å². The minimum atomic E-state index is -0.584. The third-order valence-corrected chi connectivity index (χ3v) is 4.34. The normalized spacial score (nSPS) is 11.2. The molecule has 0 aliphatic heterocycles. The molecule has 0 bridgehead atoms. The standard InChI is InChI=1S/C16H11Cl4N3O4/c1-27-15(21-13-6-9(23(25)26)2-3-10(13)18)7-14(24)22-16-11(19)4-8(17)5-12(16)20/h2-6H,7H2,1H3,(H,22,24)/b21-15-. The van der Waals surface area contributed by atoms with Crippen LogP contribution in [-0.2, 0) is 9.53 Å². The molecule has 2 rings (SSSR count). The number of benzene rings is 2. The summed E-state index contributed by atoms with van der Waals surface area (Å²) in [5.74, 6) is -0.542. The van der Waals surface area contributed by atoms with Crippen molar-refractivity contribution in [1.82, 2.24) is 0 Å².